The maximum atomic E-state index is 13.6. The summed E-state index contributed by atoms with van der Waals surface area (Å²) in [6.45, 7) is 6.76. The maximum absolute atomic E-state index is 13.6. The fourth-order valence-electron chi connectivity index (χ4n) is 5.73. The Labute approximate surface area is 232 Å². The summed E-state index contributed by atoms with van der Waals surface area (Å²) in [5.41, 5.74) is -0.180. The highest BCUT2D eigenvalue weighted by atomic mass is 35.5. The first-order valence-corrected chi connectivity index (χ1v) is 13.6. The van der Waals surface area contributed by atoms with Gasteiger partial charge in [-0.15, -0.1) is 0 Å². The van der Waals surface area contributed by atoms with E-state index in [4.69, 9.17) is 16.3 Å². The summed E-state index contributed by atoms with van der Waals surface area (Å²) in [5.74, 6) is -1.11. The Morgan fingerprint density at radius 2 is 1.69 bits per heavy atom. The third kappa shape index (κ3) is 6.35. The molecule has 212 valence electrons. The van der Waals surface area contributed by atoms with Crippen molar-refractivity contribution in [2.75, 3.05) is 40.3 Å². The van der Waals surface area contributed by atoms with E-state index in [1.165, 1.54) is 11.0 Å². The van der Waals surface area contributed by atoms with Gasteiger partial charge in [0.1, 0.15) is 5.75 Å². The van der Waals surface area contributed by atoms with Crippen LogP contribution in [0.25, 0.3) is 0 Å². The molecule has 0 radical (unpaired) electrons. The number of hydrogen-bond acceptors (Lipinski definition) is 4. The number of likely N-dealkylation sites (tertiary alicyclic amines) is 2. The van der Waals surface area contributed by atoms with E-state index in [1.54, 1.807) is 19.2 Å². The summed E-state index contributed by atoms with van der Waals surface area (Å²) in [6, 6.07) is 10.6. The van der Waals surface area contributed by atoms with Crippen LogP contribution in [0.4, 0.5) is 13.2 Å². The van der Waals surface area contributed by atoms with Crippen LogP contribution in [0.5, 0.6) is 5.75 Å². The summed E-state index contributed by atoms with van der Waals surface area (Å²) in [6.07, 6.45) is -3.11. The molecule has 2 aromatic rings. The average molecular weight is 566 g/mol. The summed E-state index contributed by atoms with van der Waals surface area (Å²) in [7, 11) is 2.74. The van der Waals surface area contributed by atoms with E-state index in [0.29, 0.717) is 24.2 Å². The molecule has 0 aliphatic carbocycles. The molecule has 0 N–H and O–H groups in total. The van der Waals surface area contributed by atoms with Crippen molar-refractivity contribution in [2.24, 2.45) is 5.92 Å². The van der Waals surface area contributed by atoms with Crippen LogP contribution in [-0.2, 0) is 11.0 Å². The largest absolute Gasteiger partial charge is 0.496 e. The number of ether oxygens (including phenoxy) is 1. The number of benzene rings is 2. The molecule has 39 heavy (non-hydrogen) atoms. The number of nitrogens with zero attached hydrogens (tertiary/aromatic N) is 3. The number of methoxy groups -OCH3 is 1. The molecule has 2 heterocycles. The topological polar surface area (TPSA) is 53.1 Å². The number of amides is 2. The molecule has 6 nitrogen and oxygen atoms in total. The molecular weight excluding hydrogens is 531 g/mol. The SMILES string of the molecule is COc1ccc(C(=O)N(C)[C@@H]2CN(C(=O)C3CCN(C(C)C)CC3)C[C@H]2c2ccc(Cl)cc2)cc1C(F)(F)F. The first-order valence-electron chi connectivity index (χ1n) is 13.2. The van der Waals surface area contributed by atoms with Gasteiger partial charge in [0.15, 0.2) is 0 Å². The Hall–Kier alpha value is -2.78. The molecule has 10 heteroatoms. The van der Waals surface area contributed by atoms with Gasteiger partial charge in [0, 0.05) is 48.6 Å². The number of likely N-dealkylation sites (N-methyl/N-ethyl adjacent to an activating group) is 1. The van der Waals surface area contributed by atoms with Crippen LogP contribution in [-0.4, -0.2) is 78.9 Å². The zero-order chi connectivity index (χ0) is 28.5. The van der Waals surface area contributed by atoms with Gasteiger partial charge in [-0.3, -0.25) is 9.59 Å². The molecule has 2 atom stereocenters. The number of halogens is 4. The van der Waals surface area contributed by atoms with Gasteiger partial charge >= 0.3 is 6.18 Å². The van der Waals surface area contributed by atoms with E-state index in [0.717, 1.165) is 50.7 Å². The zero-order valence-corrected chi connectivity index (χ0v) is 23.4. The van der Waals surface area contributed by atoms with Crippen LogP contribution in [0.3, 0.4) is 0 Å². The second-order valence-electron chi connectivity index (χ2n) is 10.7. The Morgan fingerprint density at radius 1 is 1.05 bits per heavy atom. The lowest BCUT2D eigenvalue weighted by atomic mass is 9.93. The Kier molecular flexibility index (Phi) is 8.81. The molecule has 2 aliphatic rings. The number of carbonyl (C=O) groups is 2. The van der Waals surface area contributed by atoms with Crippen LogP contribution in [0.2, 0.25) is 5.02 Å². The van der Waals surface area contributed by atoms with Crippen molar-refractivity contribution >= 4 is 23.4 Å². The second-order valence-corrected chi connectivity index (χ2v) is 11.1. The van der Waals surface area contributed by atoms with Gasteiger partial charge in [-0.2, -0.15) is 13.2 Å². The lowest BCUT2D eigenvalue weighted by Gasteiger charge is -2.35. The van der Waals surface area contributed by atoms with Gasteiger partial charge in [0.2, 0.25) is 5.91 Å². The third-order valence-electron chi connectivity index (χ3n) is 8.08. The Bertz CT molecular complexity index is 1180. The normalized spacial score (nSPS) is 20.9. The minimum Gasteiger partial charge on any atom is -0.496 e. The predicted octanol–water partition coefficient (Wildman–Crippen LogP) is 5.55. The fourth-order valence-corrected chi connectivity index (χ4v) is 5.86. The molecule has 2 aliphatic heterocycles. The highest BCUT2D eigenvalue weighted by Gasteiger charge is 2.43. The molecule has 0 bridgehead atoms. The predicted molar refractivity (Wildman–Crippen MR) is 144 cm³/mol. The molecule has 2 amide bonds. The summed E-state index contributed by atoms with van der Waals surface area (Å²) in [5, 5.41) is 0.570. The number of piperidine rings is 1. The van der Waals surface area contributed by atoms with E-state index in [1.807, 2.05) is 17.0 Å². The van der Waals surface area contributed by atoms with E-state index in [9.17, 15) is 22.8 Å². The standard InChI is InChI=1S/C29H35ClF3N3O3/c1-18(2)35-13-11-20(12-14-35)28(38)36-16-23(19-5-8-22(30)9-6-19)25(17-36)34(3)27(37)21-7-10-26(39-4)24(15-21)29(31,32)33/h5-10,15,18,20,23,25H,11-14,16-17H2,1-4H3/t23-,25+/m0/s1. The molecule has 2 saturated heterocycles. The van der Waals surface area contributed by atoms with Crippen LogP contribution >= 0.6 is 11.6 Å². The van der Waals surface area contributed by atoms with Crippen molar-refractivity contribution in [3.63, 3.8) is 0 Å². The minimum absolute atomic E-state index is 0.0736. The van der Waals surface area contributed by atoms with Crippen molar-refractivity contribution in [2.45, 2.75) is 50.9 Å². The molecule has 4 rings (SSSR count). The fraction of sp³-hybridized carbons (Fsp3) is 0.517. The first-order chi connectivity index (χ1) is 18.4. The van der Waals surface area contributed by atoms with Crippen LogP contribution in [0.15, 0.2) is 42.5 Å². The van der Waals surface area contributed by atoms with Crippen molar-refractivity contribution in [3.8, 4) is 5.75 Å². The lowest BCUT2D eigenvalue weighted by molar-refractivity contribution is -0.139. The highest BCUT2D eigenvalue weighted by molar-refractivity contribution is 6.30. The lowest BCUT2D eigenvalue weighted by Crippen LogP contribution is -2.45. The summed E-state index contributed by atoms with van der Waals surface area (Å²) >= 11 is 6.10. The number of rotatable bonds is 6. The summed E-state index contributed by atoms with van der Waals surface area (Å²) < 4.78 is 45.7. The third-order valence-corrected chi connectivity index (χ3v) is 8.33. The second kappa shape index (κ2) is 11.8. The van der Waals surface area contributed by atoms with Crippen LogP contribution in [0.1, 0.15) is 54.1 Å². The van der Waals surface area contributed by atoms with Crippen molar-refractivity contribution in [1.29, 1.82) is 0 Å². The molecule has 2 fully saturated rings. The van der Waals surface area contributed by atoms with Crippen molar-refractivity contribution in [3.05, 3.63) is 64.2 Å². The van der Waals surface area contributed by atoms with Gasteiger partial charge in [-0.25, -0.2) is 0 Å². The van der Waals surface area contributed by atoms with Gasteiger partial charge < -0.3 is 19.4 Å². The minimum atomic E-state index is -4.67. The molecule has 0 aromatic heterocycles. The Balaban J connectivity index is 1.58. The first kappa shape index (κ1) is 29.2. The van der Waals surface area contributed by atoms with Gasteiger partial charge in [-0.05, 0) is 75.7 Å². The smallest absolute Gasteiger partial charge is 0.419 e. The molecular formula is C29H35ClF3N3O3. The van der Waals surface area contributed by atoms with Gasteiger partial charge in [0.25, 0.3) is 5.91 Å². The Morgan fingerprint density at radius 3 is 2.26 bits per heavy atom. The average Bonchev–Trinajstić information content (AvgIpc) is 3.37. The zero-order valence-electron chi connectivity index (χ0n) is 22.7. The quantitative estimate of drug-likeness (QED) is 0.461. The van der Waals surface area contributed by atoms with E-state index < -0.39 is 23.7 Å². The van der Waals surface area contributed by atoms with Crippen LogP contribution in [0, 0.1) is 5.92 Å². The van der Waals surface area contributed by atoms with Crippen molar-refractivity contribution in [1.82, 2.24) is 14.7 Å². The monoisotopic (exact) mass is 565 g/mol. The molecule has 0 saturated carbocycles. The molecule has 0 spiro atoms. The van der Waals surface area contributed by atoms with Gasteiger partial charge in [0.05, 0.1) is 18.7 Å². The van der Waals surface area contributed by atoms with Crippen molar-refractivity contribution < 1.29 is 27.5 Å². The van der Waals surface area contributed by atoms with Gasteiger partial charge in [-0.1, -0.05) is 23.7 Å². The molecule has 2 aromatic carbocycles. The van der Waals surface area contributed by atoms with E-state index in [2.05, 4.69) is 18.7 Å². The molecule has 0 unspecified atom stereocenters. The van der Waals surface area contributed by atoms with E-state index >= 15 is 0 Å². The number of alkyl halides is 3. The summed E-state index contributed by atoms with van der Waals surface area (Å²) in [4.78, 5) is 32.7. The maximum Gasteiger partial charge on any atom is 0.419 e. The van der Waals surface area contributed by atoms with Crippen LogP contribution < -0.4 is 4.74 Å². The van der Waals surface area contributed by atoms with E-state index in [-0.39, 0.29) is 29.1 Å². The number of carbonyl (C=O) groups excluding carboxylic acids is 2. The highest BCUT2D eigenvalue weighted by Crippen LogP contribution is 2.38. The number of hydrogen-bond donors (Lipinski definition) is 0.